The van der Waals surface area contributed by atoms with Crippen molar-refractivity contribution in [2.45, 2.75) is 19.4 Å². The van der Waals surface area contributed by atoms with E-state index in [-0.39, 0.29) is 17.5 Å². The lowest BCUT2D eigenvalue weighted by Crippen LogP contribution is -2.24. The molecule has 170 valence electrons. The van der Waals surface area contributed by atoms with Gasteiger partial charge in [0.2, 0.25) is 5.91 Å². The maximum Gasteiger partial charge on any atom is 0.258 e. The minimum atomic E-state index is -0.351. The SMILES string of the molecule is CC(=O)N1N=C(c2c(-c3ccccc3)c3ccccc3[nH]c2=O)C[C@H]1c1cccc2cccnc12. The topological polar surface area (TPSA) is 78.4 Å². The molecule has 6 heteroatoms. The highest BCUT2D eigenvalue weighted by Gasteiger charge is 2.35. The lowest BCUT2D eigenvalue weighted by Gasteiger charge is -2.21. The van der Waals surface area contributed by atoms with Crippen molar-refractivity contribution in [3.05, 3.63) is 113 Å². The molecule has 0 spiro atoms. The van der Waals surface area contributed by atoms with Gasteiger partial charge in [-0.3, -0.25) is 14.6 Å². The summed E-state index contributed by atoms with van der Waals surface area (Å²) < 4.78 is 0. The van der Waals surface area contributed by atoms with Gasteiger partial charge in [0.1, 0.15) is 0 Å². The van der Waals surface area contributed by atoms with Crippen molar-refractivity contribution < 1.29 is 4.79 Å². The monoisotopic (exact) mass is 458 g/mol. The molecule has 0 aliphatic carbocycles. The lowest BCUT2D eigenvalue weighted by atomic mass is 9.90. The Kier molecular flexibility index (Phi) is 4.99. The predicted octanol–water partition coefficient (Wildman–Crippen LogP) is 5.44. The number of fused-ring (bicyclic) bond motifs is 2. The molecule has 6 nitrogen and oxygen atoms in total. The molecule has 0 saturated carbocycles. The Morgan fingerprint density at radius 3 is 2.51 bits per heavy atom. The van der Waals surface area contributed by atoms with Gasteiger partial charge in [0.25, 0.3) is 5.56 Å². The summed E-state index contributed by atoms with van der Waals surface area (Å²) in [4.78, 5) is 33.8. The number of rotatable bonds is 3. The van der Waals surface area contributed by atoms with Gasteiger partial charge in [0.15, 0.2) is 0 Å². The summed E-state index contributed by atoms with van der Waals surface area (Å²) in [6.07, 6.45) is 2.17. The molecule has 1 N–H and O–H groups in total. The molecule has 1 aliphatic rings. The van der Waals surface area contributed by atoms with Crippen molar-refractivity contribution in [3.63, 3.8) is 0 Å². The van der Waals surface area contributed by atoms with Gasteiger partial charge >= 0.3 is 0 Å². The van der Waals surface area contributed by atoms with Crippen LogP contribution in [-0.2, 0) is 4.79 Å². The second-order valence-corrected chi connectivity index (χ2v) is 8.67. The number of benzene rings is 3. The molecule has 1 aliphatic heterocycles. The van der Waals surface area contributed by atoms with E-state index in [1.54, 1.807) is 6.20 Å². The summed E-state index contributed by atoms with van der Waals surface area (Å²) >= 11 is 0. The number of carbonyl (C=O) groups is 1. The Morgan fingerprint density at radius 2 is 1.69 bits per heavy atom. The van der Waals surface area contributed by atoms with Gasteiger partial charge in [0, 0.05) is 47.0 Å². The fourth-order valence-corrected chi connectivity index (χ4v) is 5.01. The molecule has 0 unspecified atom stereocenters. The number of hydrogen-bond donors (Lipinski definition) is 1. The maximum absolute atomic E-state index is 13.5. The molecule has 0 bridgehead atoms. The van der Waals surface area contributed by atoms with Crippen LogP contribution in [0.25, 0.3) is 32.9 Å². The number of hydrazone groups is 1. The molecule has 6 rings (SSSR count). The normalized spacial score (nSPS) is 15.5. The number of nitrogens with zero attached hydrogens (tertiary/aromatic N) is 3. The van der Waals surface area contributed by atoms with E-state index in [9.17, 15) is 9.59 Å². The maximum atomic E-state index is 13.5. The first-order valence-electron chi connectivity index (χ1n) is 11.5. The molecule has 2 aromatic heterocycles. The molecule has 35 heavy (non-hydrogen) atoms. The first-order chi connectivity index (χ1) is 17.1. The zero-order chi connectivity index (χ0) is 23.9. The fraction of sp³-hybridized carbons (Fsp3) is 0.103. The van der Waals surface area contributed by atoms with E-state index in [2.05, 4.69) is 9.97 Å². The molecule has 0 saturated heterocycles. The number of nitrogens with one attached hydrogen (secondary N) is 1. The number of aromatic amines is 1. The van der Waals surface area contributed by atoms with Gasteiger partial charge in [-0.1, -0.05) is 72.8 Å². The van der Waals surface area contributed by atoms with Crippen LogP contribution in [0, 0.1) is 0 Å². The first kappa shape index (κ1) is 21.0. The van der Waals surface area contributed by atoms with Crippen molar-refractivity contribution in [1.82, 2.24) is 15.0 Å². The van der Waals surface area contributed by atoms with Crippen LogP contribution in [0.1, 0.15) is 30.5 Å². The Bertz CT molecular complexity index is 1680. The van der Waals surface area contributed by atoms with E-state index >= 15 is 0 Å². The molecule has 0 radical (unpaired) electrons. The zero-order valence-corrected chi connectivity index (χ0v) is 19.1. The van der Waals surface area contributed by atoms with E-state index in [1.807, 2.05) is 84.9 Å². The quantitative estimate of drug-likeness (QED) is 0.391. The molecule has 3 heterocycles. The van der Waals surface area contributed by atoms with Crippen LogP contribution in [0.3, 0.4) is 0 Å². The molecular weight excluding hydrogens is 436 g/mol. The van der Waals surface area contributed by atoms with E-state index < -0.39 is 0 Å². The third-order valence-corrected chi connectivity index (χ3v) is 6.53. The average molecular weight is 459 g/mol. The van der Waals surface area contributed by atoms with Gasteiger partial charge in [-0.2, -0.15) is 5.10 Å². The molecule has 1 atom stereocenters. The summed E-state index contributed by atoms with van der Waals surface area (Å²) in [6.45, 7) is 1.50. The zero-order valence-electron chi connectivity index (χ0n) is 19.1. The Labute approximate surface area is 201 Å². The Hall–Kier alpha value is -4.58. The van der Waals surface area contributed by atoms with Gasteiger partial charge < -0.3 is 4.98 Å². The summed E-state index contributed by atoms with van der Waals surface area (Å²) in [5.41, 5.74) is 5.12. The highest BCUT2D eigenvalue weighted by atomic mass is 16.2. The van der Waals surface area contributed by atoms with Crippen LogP contribution >= 0.6 is 0 Å². The number of para-hydroxylation sites is 2. The molecule has 5 aromatic rings. The second-order valence-electron chi connectivity index (χ2n) is 8.67. The smallest absolute Gasteiger partial charge is 0.258 e. The molecular formula is C29H22N4O2. The number of carbonyl (C=O) groups excluding carboxylic acids is 1. The van der Waals surface area contributed by atoms with E-state index in [0.29, 0.717) is 17.7 Å². The van der Waals surface area contributed by atoms with Crippen LogP contribution < -0.4 is 5.56 Å². The third-order valence-electron chi connectivity index (χ3n) is 6.53. The Balaban J connectivity index is 1.57. The van der Waals surface area contributed by atoms with Crippen molar-refractivity contribution in [1.29, 1.82) is 0 Å². The highest BCUT2D eigenvalue weighted by Crippen LogP contribution is 2.38. The summed E-state index contributed by atoms with van der Waals surface area (Å²) in [5.74, 6) is -0.184. The van der Waals surface area contributed by atoms with E-state index in [4.69, 9.17) is 5.10 Å². The second kappa shape index (κ2) is 8.33. The number of aromatic nitrogens is 2. The van der Waals surface area contributed by atoms with Gasteiger partial charge in [0.05, 0.1) is 22.8 Å². The van der Waals surface area contributed by atoms with Crippen molar-refractivity contribution in [2.75, 3.05) is 0 Å². The Morgan fingerprint density at radius 1 is 0.914 bits per heavy atom. The van der Waals surface area contributed by atoms with Crippen LogP contribution in [0.15, 0.2) is 101 Å². The number of pyridine rings is 2. The predicted molar refractivity (Wildman–Crippen MR) is 138 cm³/mol. The van der Waals surface area contributed by atoms with Gasteiger partial charge in [-0.15, -0.1) is 0 Å². The number of H-pyrrole nitrogens is 1. The van der Waals surface area contributed by atoms with Crippen LogP contribution in [0.4, 0.5) is 0 Å². The summed E-state index contributed by atoms with van der Waals surface area (Å²) in [7, 11) is 0. The summed E-state index contributed by atoms with van der Waals surface area (Å²) in [6, 6.07) is 27.1. The lowest BCUT2D eigenvalue weighted by molar-refractivity contribution is -0.130. The first-order valence-corrected chi connectivity index (χ1v) is 11.5. The fourth-order valence-electron chi connectivity index (χ4n) is 5.01. The van der Waals surface area contributed by atoms with Crippen molar-refractivity contribution >= 4 is 33.4 Å². The van der Waals surface area contributed by atoms with Crippen LogP contribution in [0.2, 0.25) is 0 Å². The minimum absolute atomic E-state index is 0.184. The van der Waals surface area contributed by atoms with E-state index in [0.717, 1.165) is 38.5 Å². The number of hydrogen-bond acceptors (Lipinski definition) is 4. The minimum Gasteiger partial charge on any atom is -0.321 e. The molecule has 0 fully saturated rings. The van der Waals surface area contributed by atoms with Crippen LogP contribution in [0.5, 0.6) is 0 Å². The highest BCUT2D eigenvalue weighted by molar-refractivity contribution is 6.13. The third kappa shape index (κ3) is 3.51. The largest absolute Gasteiger partial charge is 0.321 e. The van der Waals surface area contributed by atoms with Gasteiger partial charge in [-0.05, 0) is 17.7 Å². The summed E-state index contributed by atoms with van der Waals surface area (Å²) in [5, 5.41) is 8.14. The standard InChI is InChI=1S/C29H22N4O2/c1-18(34)33-25(22-14-7-11-20-12-8-16-30-28(20)22)17-24(32-33)27-26(19-9-3-2-4-10-19)21-13-5-6-15-23(21)31-29(27)35/h2-16,25H,17H2,1H3,(H,31,35)/t25-/m0/s1. The van der Waals surface area contributed by atoms with Gasteiger partial charge in [-0.25, -0.2) is 5.01 Å². The molecule has 3 aromatic carbocycles. The number of amides is 1. The average Bonchev–Trinajstić information content (AvgIpc) is 3.33. The van der Waals surface area contributed by atoms with E-state index in [1.165, 1.54) is 11.9 Å². The van der Waals surface area contributed by atoms with Crippen molar-refractivity contribution in [2.24, 2.45) is 5.10 Å². The van der Waals surface area contributed by atoms with Crippen molar-refractivity contribution in [3.8, 4) is 11.1 Å². The molecule has 1 amide bonds. The van der Waals surface area contributed by atoms with Crippen LogP contribution in [-0.4, -0.2) is 26.6 Å².